The summed E-state index contributed by atoms with van der Waals surface area (Å²) in [4.78, 5) is 38.2. The Morgan fingerprint density at radius 3 is 2.48 bits per heavy atom. The van der Waals surface area contributed by atoms with Gasteiger partial charge in [0.2, 0.25) is 5.91 Å². The van der Waals surface area contributed by atoms with E-state index < -0.39 is 41.6 Å². The van der Waals surface area contributed by atoms with Gasteiger partial charge >= 0.3 is 6.03 Å². The third kappa shape index (κ3) is 4.11. The van der Waals surface area contributed by atoms with Crippen molar-refractivity contribution in [3.05, 3.63) is 65.2 Å². The molecule has 6 nitrogen and oxygen atoms in total. The minimum Gasteiger partial charge on any atom is -0.322 e. The first-order chi connectivity index (χ1) is 13.7. The fourth-order valence-corrected chi connectivity index (χ4v) is 3.26. The van der Waals surface area contributed by atoms with E-state index in [1.807, 2.05) is 12.1 Å². The summed E-state index contributed by atoms with van der Waals surface area (Å²) in [6.45, 7) is 3.00. The summed E-state index contributed by atoms with van der Waals surface area (Å²) in [7, 11) is 0. The molecule has 1 unspecified atom stereocenters. The van der Waals surface area contributed by atoms with E-state index in [-0.39, 0.29) is 5.69 Å². The van der Waals surface area contributed by atoms with Crippen molar-refractivity contribution in [3.8, 4) is 0 Å². The minimum absolute atomic E-state index is 0.365. The summed E-state index contributed by atoms with van der Waals surface area (Å²) in [6.07, 6.45) is 1.89. The lowest BCUT2D eigenvalue weighted by Gasteiger charge is -2.22. The summed E-state index contributed by atoms with van der Waals surface area (Å²) in [6, 6.07) is 9.21. The number of hydrogen-bond acceptors (Lipinski definition) is 3. The maximum atomic E-state index is 13.7. The van der Waals surface area contributed by atoms with Crippen LogP contribution in [0, 0.1) is 11.6 Å². The highest BCUT2D eigenvalue weighted by molar-refractivity contribution is 6.10. The Kier molecular flexibility index (Phi) is 5.63. The molecule has 4 amide bonds. The van der Waals surface area contributed by atoms with Crippen LogP contribution in [-0.2, 0) is 21.5 Å². The Balaban J connectivity index is 1.74. The van der Waals surface area contributed by atoms with Crippen LogP contribution in [0.5, 0.6) is 0 Å². The number of rotatable bonds is 6. The Hall–Kier alpha value is -3.29. The van der Waals surface area contributed by atoms with E-state index in [2.05, 4.69) is 17.6 Å². The number of carbonyl (C=O) groups is 3. The number of nitrogens with zero attached hydrogens (tertiary/aromatic N) is 1. The molecule has 2 aromatic rings. The number of aryl methyl sites for hydroxylation is 1. The highest BCUT2D eigenvalue weighted by Gasteiger charge is 2.49. The summed E-state index contributed by atoms with van der Waals surface area (Å²) >= 11 is 0. The summed E-state index contributed by atoms with van der Waals surface area (Å²) in [5.74, 6) is -2.97. The zero-order chi connectivity index (χ0) is 21.2. The van der Waals surface area contributed by atoms with Gasteiger partial charge in [0, 0.05) is 6.07 Å². The zero-order valence-corrected chi connectivity index (χ0v) is 16.1. The zero-order valence-electron chi connectivity index (χ0n) is 16.1. The molecule has 1 heterocycles. The van der Waals surface area contributed by atoms with Crippen molar-refractivity contribution in [1.82, 2.24) is 10.2 Å². The molecule has 1 fully saturated rings. The van der Waals surface area contributed by atoms with Crippen LogP contribution in [0.15, 0.2) is 42.5 Å². The number of anilines is 1. The molecule has 0 aromatic heterocycles. The number of amides is 4. The molecule has 1 atom stereocenters. The van der Waals surface area contributed by atoms with Gasteiger partial charge in [0.15, 0.2) is 0 Å². The van der Waals surface area contributed by atoms with E-state index in [1.54, 1.807) is 19.1 Å². The molecular formula is C21H21F2N3O3. The lowest BCUT2D eigenvalue weighted by Crippen LogP contribution is -2.42. The number of nitrogens with one attached hydrogen (secondary N) is 2. The van der Waals surface area contributed by atoms with Crippen LogP contribution in [0.4, 0.5) is 19.3 Å². The number of urea groups is 1. The van der Waals surface area contributed by atoms with E-state index in [9.17, 15) is 23.2 Å². The summed E-state index contributed by atoms with van der Waals surface area (Å²) < 4.78 is 26.9. The molecule has 2 aromatic carbocycles. The van der Waals surface area contributed by atoms with E-state index in [0.717, 1.165) is 41.5 Å². The number of hydrogen-bond donors (Lipinski definition) is 2. The molecule has 0 spiro atoms. The van der Waals surface area contributed by atoms with Crippen LogP contribution in [0.25, 0.3) is 0 Å². The van der Waals surface area contributed by atoms with Gasteiger partial charge in [-0.25, -0.2) is 13.6 Å². The second-order valence-corrected chi connectivity index (χ2v) is 7.07. The van der Waals surface area contributed by atoms with Crippen molar-refractivity contribution >= 4 is 23.5 Å². The second-order valence-electron chi connectivity index (χ2n) is 7.07. The van der Waals surface area contributed by atoms with Crippen molar-refractivity contribution in [2.75, 3.05) is 11.9 Å². The molecule has 3 rings (SSSR count). The Morgan fingerprint density at radius 2 is 1.83 bits per heavy atom. The molecule has 8 heteroatoms. The molecular weight excluding hydrogens is 380 g/mol. The Labute approximate surface area is 166 Å². The van der Waals surface area contributed by atoms with Crippen LogP contribution < -0.4 is 10.6 Å². The molecule has 0 bridgehead atoms. The first-order valence-electron chi connectivity index (χ1n) is 9.23. The predicted octanol–water partition coefficient (Wildman–Crippen LogP) is 3.32. The van der Waals surface area contributed by atoms with Gasteiger partial charge in [-0.2, -0.15) is 0 Å². The number of benzene rings is 2. The topological polar surface area (TPSA) is 78.5 Å². The average molecular weight is 401 g/mol. The first-order valence-corrected chi connectivity index (χ1v) is 9.23. The standard InChI is InChI=1S/C21H21F2N3O3/c1-3-4-13-5-7-14(8-6-13)21(2)19(28)26(20(29)25-21)12-18(27)24-17-11-15(22)9-10-16(17)23/h5-11H,3-4,12H2,1-2H3,(H,24,27)(H,25,29). The minimum atomic E-state index is -1.31. The molecule has 0 saturated carbocycles. The van der Waals surface area contributed by atoms with Gasteiger partial charge in [0.05, 0.1) is 5.69 Å². The van der Waals surface area contributed by atoms with Gasteiger partial charge in [-0.15, -0.1) is 0 Å². The van der Waals surface area contributed by atoms with Gasteiger partial charge in [-0.1, -0.05) is 37.6 Å². The van der Waals surface area contributed by atoms with Crippen LogP contribution >= 0.6 is 0 Å². The lowest BCUT2D eigenvalue weighted by molar-refractivity contribution is -0.133. The SMILES string of the molecule is CCCc1ccc(C2(C)NC(=O)N(CC(=O)Nc3cc(F)ccc3F)C2=O)cc1. The van der Waals surface area contributed by atoms with E-state index in [4.69, 9.17) is 0 Å². The molecule has 29 heavy (non-hydrogen) atoms. The van der Waals surface area contributed by atoms with E-state index in [1.165, 1.54) is 0 Å². The Bertz CT molecular complexity index is 962. The van der Waals surface area contributed by atoms with Crippen LogP contribution in [0.1, 0.15) is 31.4 Å². The normalized spacial score (nSPS) is 18.7. The molecule has 2 N–H and O–H groups in total. The molecule has 152 valence electrons. The van der Waals surface area contributed by atoms with E-state index >= 15 is 0 Å². The van der Waals surface area contributed by atoms with Gasteiger partial charge < -0.3 is 10.6 Å². The maximum Gasteiger partial charge on any atom is 0.325 e. The monoisotopic (exact) mass is 401 g/mol. The second kappa shape index (κ2) is 7.98. The highest BCUT2D eigenvalue weighted by atomic mass is 19.1. The van der Waals surface area contributed by atoms with E-state index in [0.29, 0.717) is 5.56 Å². The largest absolute Gasteiger partial charge is 0.325 e. The summed E-state index contributed by atoms with van der Waals surface area (Å²) in [5.41, 5.74) is 0.0303. The molecule has 0 radical (unpaired) electrons. The molecule has 1 aliphatic rings. The predicted molar refractivity (Wildman–Crippen MR) is 103 cm³/mol. The smallest absolute Gasteiger partial charge is 0.322 e. The highest BCUT2D eigenvalue weighted by Crippen LogP contribution is 2.29. The fourth-order valence-electron chi connectivity index (χ4n) is 3.26. The lowest BCUT2D eigenvalue weighted by atomic mass is 9.91. The van der Waals surface area contributed by atoms with Crippen molar-refractivity contribution in [2.24, 2.45) is 0 Å². The van der Waals surface area contributed by atoms with Crippen molar-refractivity contribution in [1.29, 1.82) is 0 Å². The van der Waals surface area contributed by atoms with Crippen molar-refractivity contribution in [3.63, 3.8) is 0 Å². The Morgan fingerprint density at radius 1 is 1.14 bits per heavy atom. The van der Waals surface area contributed by atoms with Crippen molar-refractivity contribution in [2.45, 2.75) is 32.2 Å². The van der Waals surface area contributed by atoms with Gasteiger partial charge in [0.1, 0.15) is 23.7 Å². The average Bonchev–Trinajstić information content (AvgIpc) is 2.89. The molecule has 0 aliphatic carbocycles. The van der Waals surface area contributed by atoms with Gasteiger partial charge in [-0.05, 0) is 36.6 Å². The third-order valence-corrected chi connectivity index (χ3v) is 4.85. The molecule has 1 saturated heterocycles. The quantitative estimate of drug-likeness (QED) is 0.729. The van der Waals surface area contributed by atoms with Crippen LogP contribution in [0.3, 0.4) is 0 Å². The maximum absolute atomic E-state index is 13.7. The number of imide groups is 1. The molecule has 1 aliphatic heterocycles. The van der Waals surface area contributed by atoms with Crippen molar-refractivity contribution < 1.29 is 23.2 Å². The number of carbonyl (C=O) groups excluding carboxylic acids is 3. The van der Waals surface area contributed by atoms with Crippen LogP contribution in [0.2, 0.25) is 0 Å². The fraction of sp³-hybridized carbons (Fsp3) is 0.286. The third-order valence-electron chi connectivity index (χ3n) is 4.85. The first kappa shape index (κ1) is 20.4. The summed E-state index contributed by atoms with van der Waals surface area (Å²) in [5, 5.41) is 4.79. The van der Waals surface area contributed by atoms with Crippen LogP contribution in [-0.4, -0.2) is 29.3 Å². The number of halogens is 2. The van der Waals surface area contributed by atoms with Gasteiger partial charge in [0.25, 0.3) is 5.91 Å². The van der Waals surface area contributed by atoms with Gasteiger partial charge in [-0.3, -0.25) is 14.5 Å².